The number of hydrogen-bond acceptors (Lipinski definition) is 1. The minimum Gasteiger partial charge on any atom is -0.380 e. The fraction of sp³-hybridized carbons (Fsp3) is 0.250. The van der Waals surface area contributed by atoms with Crippen molar-refractivity contribution in [3.05, 3.63) is 64.2 Å². The second-order valence-corrected chi connectivity index (χ2v) is 5.08. The van der Waals surface area contributed by atoms with Crippen molar-refractivity contribution in [3.8, 4) is 0 Å². The third-order valence-corrected chi connectivity index (χ3v) is 3.59. The van der Waals surface area contributed by atoms with Crippen molar-refractivity contribution >= 4 is 17.3 Å². The first-order valence-corrected chi connectivity index (χ1v) is 6.97. The second-order valence-electron chi connectivity index (χ2n) is 4.67. The molecule has 2 aromatic carbocycles. The second kappa shape index (κ2) is 6.39. The molecular weight excluding hydrogens is 299 g/mol. The molecule has 1 N–H and O–H groups in total. The van der Waals surface area contributed by atoms with Crippen LogP contribution in [0.15, 0.2) is 42.5 Å². The van der Waals surface area contributed by atoms with Crippen LogP contribution in [-0.2, 0) is 19.1 Å². The van der Waals surface area contributed by atoms with Crippen LogP contribution in [0.5, 0.6) is 0 Å². The molecule has 2 aromatic rings. The van der Waals surface area contributed by atoms with Crippen LogP contribution in [0.3, 0.4) is 0 Å². The third-order valence-electron chi connectivity index (χ3n) is 3.26. The summed E-state index contributed by atoms with van der Waals surface area (Å²) in [4.78, 5) is 0. The van der Waals surface area contributed by atoms with Gasteiger partial charge in [-0.05, 0) is 35.7 Å². The van der Waals surface area contributed by atoms with E-state index in [1.54, 1.807) is 0 Å². The van der Waals surface area contributed by atoms with Gasteiger partial charge in [0, 0.05) is 6.54 Å². The van der Waals surface area contributed by atoms with Crippen molar-refractivity contribution < 1.29 is 13.2 Å². The van der Waals surface area contributed by atoms with Crippen LogP contribution in [0.1, 0.15) is 23.6 Å². The molecule has 0 aliphatic carbocycles. The lowest BCUT2D eigenvalue weighted by atomic mass is 10.1. The fourth-order valence-corrected chi connectivity index (χ4v) is 2.29. The molecule has 0 bridgehead atoms. The highest BCUT2D eigenvalue weighted by Crippen LogP contribution is 2.34. The number of anilines is 1. The molecule has 5 heteroatoms. The summed E-state index contributed by atoms with van der Waals surface area (Å²) in [7, 11) is 0. The van der Waals surface area contributed by atoms with Gasteiger partial charge in [0.1, 0.15) is 0 Å². The third kappa shape index (κ3) is 3.91. The minimum absolute atomic E-state index is 0.275. The Morgan fingerprint density at radius 2 is 1.71 bits per heavy atom. The number of alkyl halides is 3. The number of halogens is 4. The van der Waals surface area contributed by atoms with Gasteiger partial charge < -0.3 is 5.32 Å². The number of aryl methyl sites for hydroxylation is 1. The van der Waals surface area contributed by atoms with Crippen molar-refractivity contribution in [2.45, 2.75) is 26.1 Å². The van der Waals surface area contributed by atoms with Gasteiger partial charge in [-0.3, -0.25) is 0 Å². The summed E-state index contributed by atoms with van der Waals surface area (Å²) >= 11 is 5.96. The smallest absolute Gasteiger partial charge is 0.380 e. The summed E-state index contributed by atoms with van der Waals surface area (Å²) in [6.07, 6.45) is -3.50. The fourth-order valence-electron chi connectivity index (χ4n) is 2.10. The average Bonchev–Trinajstić information content (AvgIpc) is 2.45. The Bertz CT molecular complexity index is 623. The number of rotatable bonds is 4. The summed E-state index contributed by atoms with van der Waals surface area (Å²) in [6.45, 7) is 2.47. The van der Waals surface area contributed by atoms with Crippen molar-refractivity contribution in [1.29, 1.82) is 0 Å². The molecule has 0 fully saturated rings. The first-order valence-electron chi connectivity index (χ1n) is 6.59. The van der Waals surface area contributed by atoms with E-state index in [4.69, 9.17) is 11.6 Å². The lowest BCUT2D eigenvalue weighted by Crippen LogP contribution is -2.07. The van der Waals surface area contributed by atoms with Crippen LogP contribution in [0.2, 0.25) is 5.02 Å². The summed E-state index contributed by atoms with van der Waals surface area (Å²) in [5.74, 6) is 0. The predicted octanol–water partition coefficient (Wildman–Crippen LogP) is 5.53. The van der Waals surface area contributed by atoms with E-state index >= 15 is 0 Å². The average molecular weight is 314 g/mol. The Hall–Kier alpha value is -1.68. The van der Waals surface area contributed by atoms with E-state index in [0.29, 0.717) is 6.54 Å². The van der Waals surface area contributed by atoms with E-state index in [-0.39, 0.29) is 10.7 Å². The molecule has 112 valence electrons. The first-order chi connectivity index (χ1) is 9.91. The molecule has 0 spiro atoms. The maximum Gasteiger partial charge on any atom is 0.416 e. The van der Waals surface area contributed by atoms with Crippen molar-refractivity contribution in [2.75, 3.05) is 5.32 Å². The molecule has 0 saturated heterocycles. The van der Waals surface area contributed by atoms with Gasteiger partial charge in [0.2, 0.25) is 0 Å². The van der Waals surface area contributed by atoms with E-state index in [0.717, 1.165) is 29.7 Å². The van der Waals surface area contributed by atoms with Gasteiger partial charge in [-0.25, -0.2) is 0 Å². The van der Waals surface area contributed by atoms with Crippen LogP contribution in [0.4, 0.5) is 18.9 Å². The highest BCUT2D eigenvalue weighted by atomic mass is 35.5. The standard InChI is InChI=1S/C16H15ClF3N/c1-2-11-5-3-4-6-12(11)10-21-15-9-13(16(18,19)20)7-8-14(15)17/h3-9,21H,2,10H2,1H3. The van der Waals surface area contributed by atoms with Crippen LogP contribution in [-0.4, -0.2) is 0 Å². The Morgan fingerprint density at radius 1 is 1.05 bits per heavy atom. The molecule has 0 amide bonds. The molecular formula is C16H15ClF3N. The van der Waals surface area contributed by atoms with Crippen LogP contribution in [0.25, 0.3) is 0 Å². The van der Waals surface area contributed by atoms with Gasteiger partial charge in [-0.1, -0.05) is 42.8 Å². The molecule has 0 atom stereocenters. The zero-order chi connectivity index (χ0) is 15.5. The van der Waals surface area contributed by atoms with E-state index in [9.17, 15) is 13.2 Å². The Kier molecular flexibility index (Phi) is 4.78. The molecule has 2 rings (SSSR count). The lowest BCUT2D eigenvalue weighted by molar-refractivity contribution is -0.137. The number of hydrogen-bond donors (Lipinski definition) is 1. The van der Waals surface area contributed by atoms with Crippen molar-refractivity contribution in [3.63, 3.8) is 0 Å². The zero-order valence-electron chi connectivity index (χ0n) is 11.5. The Labute approximate surface area is 126 Å². The van der Waals surface area contributed by atoms with E-state index < -0.39 is 11.7 Å². The summed E-state index contributed by atoms with van der Waals surface area (Å²) in [5, 5.41) is 3.26. The van der Waals surface area contributed by atoms with E-state index in [1.807, 2.05) is 31.2 Å². The summed E-state index contributed by atoms with van der Waals surface area (Å²) < 4.78 is 38.1. The highest BCUT2D eigenvalue weighted by molar-refractivity contribution is 6.33. The van der Waals surface area contributed by atoms with Gasteiger partial charge in [0.25, 0.3) is 0 Å². The molecule has 0 unspecified atom stereocenters. The molecule has 0 aliphatic rings. The molecule has 0 radical (unpaired) electrons. The zero-order valence-corrected chi connectivity index (χ0v) is 12.2. The van der Waals surface area contributed by atoms with Crippen LogP contribution in [0, 0.1) is 0 Å². The minimum atomic E-state index is -4.37. The van der Waals surface area contributed by atoms with Gasteiger partial charge in [0.05, 0.1) is 16.3 Å². The van der Waals surface area contributed by atoms with Gasteiger partial charge >= 0.3 is 6.18 Å². The molecule has 0 aliphatic heterocycles. The summed E-state index contributed by atoms with van der Waals surface area (Å²) in [5.41, 5.74) is 1.79. The highest BCUT2D eigenvalue weighted by Gasteiger charge is 2.30. The SMILES string of the molecule is CCc1ccccc1CNc1cc(C(F)(F)F)ccc1Cl. The number of nitrogens with one attached hydrogen (secondary N) is 1. The molecule has 0 heterocycles. The molecule has 0 aromatic heterocycles. The van der Waals surface area contributed by atoms with Crippen LogP contribution < -0.4 is 5.32 Å². The summed E-state index contributed by atoms with van der Waals surface area (Å²) in [6, 6.07) is 11.1. The monoisotopic (exact) mass is 313 g/mol. The van der Waals surface area contributed by atoms with E-state index in [1.165, 1.54) is 6.07 Å². The first kappa shape index (κ1) is 15.7. The predicted molar refractivity (Wildman–Crippen MR) is 79.6 cm³/mol. The van der Waals surface area contributed by atoms with Gasteiger partial charge in [-0.2, -0.15) is 13.2 Å². The topological polar surface area (TPSA) is 12.0 Å². The molecule has 0 saturated carbocycles. The van der Waals surface area contributed by atoms with Crippen molar-refractivity contribution in [2.24, 2.45) is 0 Å². The maximum atomic E-state index is 12.7. The normalized spacial score (nSPS) is 11.5. The van der Waals surface area contributed by atoms with Crippen molar-refractivity contribution in [1.82, 2.24) is 0 Å². The molecule has 21 heavy (non-hydrogen) atoms. The van der Waals surface area contributed by atoms with E-state index in [2.05, 4.69) is 5.32 Å². The lowest BCUT2D eigenvalue weighted by Gasteiger charge is -2.14. The Balaban J connectivity index is 2.20. The van der Waals surface area contributed by atoms with Gasteiger partial charge in [0.15, 0.2) is 0 Å². The van der Waals surface area contributed by atoms with Crippen LogP contribution >= 0.6 is 11.6 Å². The largest absolute Gasteiger partial charge is 0.416 e. The maximum absolute atomic E-state index is 12.7. The van der Waals surface area contributed by atoms with Gasteiger partial charge in [-0.15, -0.1) is 0 Å². The quantitative estimate of drug-likeness (QED) is 0.782. The molecule has 1 nitrogen and oxygen atoms in total. The number of benzene rings is 2. The Morgan fingerprint density at radius 3 is 2.33 bits per heavy atom.